The molecule has 1 aliphatic carbocycles. The zero-order valence-electron chi connectivity index (χ0n) is 9.56. The summed E-state index contributed by atoms with van der Waals surface area (Å²) >= 11 is 0. The smallest absolute Gasteiger partial charge is 0.0951 e. The van der Waals surface area contributed by atoms with E-state index in [0.717, 1.165) is 17.5 Å². The maximum Gasteiger partial charge on any atom is 0.0951 e. The lowest BCUT2D eigenvalue weighted by Gasteiger charge is -2.33. The van der Waals surface area contributed by atoms with Crippen LogP contribution in [-0.2, 0) is 6.61 Å². The summed E-state index contributed by atoms with van der Waals surface area (Å²) in [6.07, 6.45) is 7.39. The summed E-state index contributed by atoms with van der Waals surface area (Å²) in [5.41, 5.74) is 0.946. The maximum absolute atomic E-state index is 9.21. The van der Waals surface area contributed by atoms with Crippen LogP contribution in [-0.4, -0.2) is 14.7 Å². The predicted octanol–water partition coefficient (Wildman–Crippen LogP) is 2.37. The molecule has 1 fully saturated rings. The van der Waals surface area contributed by atoms with Crippen molar-refractivity contribution in [2.75, 3.05) is 0 Å². The van der Waals surface area contributed by atoms with Crippen LogP contribution in [0, 0.1) is 11.8 Å². The van der Waals surface area contributed by atoms with Gasteiger partial charge in [-0.3, -0.25) is 0 Å². The number of aromatic nitrogens is 2. The Kier molecular flexibility index (Phi) is 3.10. The van der Waals surface area contributed by atoms with E-state index in [0.29, 0.717) is 6.04 Å². The first-order valence-electron chi connectivity index (χ1n) is 5.82. The van der Waals surface area contributed by atoms with E-state index in [2.05, 4.69) is 23.4 Å². The lowest BCUT2D eigenvalue weighted by atomic mass is 9.80. The fourth-order valence-electron chi connectivity index (χ4n) is 2.91. The second-order valence-corrected chi connectivity index (χ2v) is 5.02. The van der Waals surface area contributed by atoms with E-state index in [-0.39, 0.29) is 6.61 Å². The van der Waals surface area contributed by atoms with Gasteiger partial charge < -0.3 is 9.67 Å². The van der Waals surface area contributed by atoms with Crippen LogP contribution in [0.25, 0.3) is 0 Å². The van der Waals surface area contributed by atoms with Crippen molar-refractivity contribution in [3.05, 3.63) is 18.2 Å². The Balaban J connectivity index is 2.16. The predicted molar refractivity (Wildman–Crippen MR) is 59.4 cm³/mol. The van der Waals surface area contributed by atoms with Crippen LogP contribution in [0.1, 0.15) is 44.8 Å². The first-order valence-corrected chi connectivity index (χ1v) is 5.82. The first-order chi connectivity index (χ1) is 7.20. The van der Waals surface area contributed by atoms with Crippen molar-refractivity contribution in [3.63, 3.8) is 0 Å². The fraction of sp³-hybridized carbons (Fsp3) is 0.750. The molecule has 0 bridgehead atoms. The van der Waals surface area contributed by atoms with Gasteiger partial charge >= 0.3 is 0 Å². The number of hydrogen-bond acceptors (Lipinski definition) is 2. The molecule has 0 amide bonds. The molecule has 1 heterocycles. The summed E-state index contributed by atoms with van der Waals surface area (Å²) in [7, 11) is 0. The molecular weight excluding hydrogens is 188 g/mol. The highest BCUT2D eigenvalue weighted by Gasteiger charge is 2.25. The summed E-state index contributed by atoms with van der Waals surface area (Å²) in [5, 5.41) is 9.21. The van der Waals surface area contributed by atoms with Gasteiger partial charge in [-0.05, 0) is 31.1 Å². The van der Waals surface area contributed by atoms with E-state index in [1.165, 1.54) is 19.3 Å². The second kappa shape index (κ2) is 4.35. The number of aliphatic hydroxyl groups is 1. The highest BCUT2D eigenvalue weighted by Crippen LogP contribution is 2.36. The quantitative estimate of drug-likeness (QED) is 0.810. The summed E-state index contributed by atoms with van der Waals surface area (Å²) < 4.78 is 2.16. The van der Waals surface area contributed by atoms with Crippen LogP contribution < -0.4 is 0 Å². The van der Waals surface area contributed by atoms with E-state index in [1.807, 2.05) is 6.33 Å². The Bertz CT molecular complexity index is 311. The molecule has 0 aromatic carbocycles. The van der Waals surface area contributed by atoms with Crippen LogP contribution in [0.4, 0.5) is 0 Å². The van der Waals surface area contributed by atoms with Crippen LogP contribution in [0.15, 0.2) is 12.5 Å². The van der Waals surface area contributed by atoms with Crippen LogP contribution in [0.5, 0.6) is 0 Å². The van der Waals surface area contributed by atoms with Crippen molar-refractivity contribution >= 4 is 0 Å². The zero-order valence-corrected chi connectivity index (χ0v) is 9.56. The molecule has 1 aliphatic rings. The third-order valence-electron chi connectivity index (χ3n) is 3.46. The molecule has 0 radical (unpaired) electrons. The van der Waals surface area contributed by atoms with Crippen molar-refractivity contribution in [2.45, 2.75) is 45.8 Å². The van der Waals surface area contributed by atoms with Crippen LogP contribution in [0.2, 0.25) is 0 Å². The van der Waals surface area contributed by atoms with Crippen LogP contribution in [0.3, 0.4) is 0 Å². The topological polar surface area (TPSA) is 38.0 Å². The standard InChI is InChI=1S/C12H20N2O/c1-9-3-10(2)5-11(4-9)14-8-13-6-12(14)7-15/h6,8-11,15H,3-5,7H2,1-2H3. The second-order valence-electron chi connectivity index (χ2n) is 5.02. The van der Waals surface area contributed by atoms with Gasteiger partial charge in [-0.25, -0.2) is 4.98 Å². The number of hydrogen-bond donors (Lipinski definition) is 1. The third kappa shape index (κ3) is 2.23. The lowest BCUT2D eigenvalue weighted by Crippen LogP contribution is -2.23. The van der Waals surface area contributed by atoms with Gasteiger partial charge in [-0.15, -0.1) is 0 Å². The molecule has 0 saturated heterocycles. The van der Waals surface area contributed by atoms with Crippen molar-refractivity contribution in [1.82, 2.24) is 9.55 Å². The molecule has 3 heteroatoms. The molecular formula is C12H20N2O. The van der Waals surface area contributed by atoms with E-state index in [4.69, 9.17) is 0 Å². The Labute approximate surface area is 91.1 Å². The molecule has 1 saturated carbocycles. The van der Waals surface area contributed by atoms with Gasteiger partial charge in [0.25, 0.3) is 0 Å². The summed E-state index contributed by atoms with van der Waals surface area (Å²) in [4.78, 5) is 4.12. The molecule has 2 unspecified atom stereocenters. The molecule has 2 atom stereocenters. The minimum Gasteiger partial charge on any atom is -0.390 e. The van der Waals surface area contributed by atoms with Crippen molar-refractivity contribution in [1.29, 1.82) is 0 Å². The molecule has 1 aromatic heterocycles. The minimum atomic E-state index is 0.0965. The Morgan fingerprint density at radius 2 is 2.00 bits per heavy atom. The van der Waals surface area contributed by atoms with Gasteiger partial charge in [0.1, 0.15) is 0 Å². The highest BCUT2D eigenvalue weighted by molar-refractivity contribution is 4.99. The molecule has 3 nitrogen and oxygen atoms in total. The van der Waals surface area contributed by atoms with Crippen LogP contribution >= 0.6 is 0 Å². The molecule has 1 aromatic rings. The number of imidazole rings is 1. The average Bonchev–Trinajstić information content (AvgIpc) is 2.63. The van der Waals surface area contributed by atoms with E-state index in [1.54, 1.807) is 6.20 Å². The van der Waals surface area contributed by atoms with Crippen molar-refractivity contribution in [3.8, 4) is 0 Å². The molecule has 1 N–H and O–H groups in total. The van der Waals surface area contributed by atoms with E-state index in [9.17, 15) is 5.11 Å². The minimum absolute atomic E-state index is 0.0965. The summed E-state index contributed by atoms with van der Waals surface area (Å²) in [6.45, 7) is 4.73. The monoisotopic (exact) mass is 208 g/mol. The van der Waals surface area contributed by atoms with Gasteiger partial charge in [0.15, 0.2) is 0 Å². The lowest BCUT2D eigenvalue weighted by molar-refractivity contribution is 0.205. The number of rotatable bonds is 2. The SMILES string of the molecule is CC1CC(C)CC(n2cncc2CO)C1. The molecule has 0 aliphatic heterocycles. The van der Waals surface area contributed by atoms with Gasteiger partial charge in [0.05, 0.1) is 24.8 Å². The summed E-state index contributed by atoms with van der Waals surface area (Å²) in [6, 6.07) is 0.536. The maximum atomic E-state index is 9.21. The third-order valence-corrected chi connectivity index (χ3v) is 3.46. The molecule has 84 valence electrons. The number of nitrogens with zero attached hydrogens (tertiary/aromatic N) is 2. The molecule has 15 heavy (non-hydrogen) atoms. The van der Waals surface area contributed by atoms with Gasteiger partial charge in [-0.2, -0.15) is 0 Å². The Morgan fingerprint density at radius 3 is 2.60 bits per heavy atom. The normalized spacial score (nSPS) is 31.8. The zero-order chi connectivity index (χ0) is 10.8. The van der Waals surface area contributed by atoms with Gasteiger partial charge in [0, 0.05) is 6.04 Å². The highest BCUT2D eigenvalue weighted by atomic mass is 16.3. The van der Waals surface area contributed by atoms with Gasteiger partial charge in [0.2, 0.25) is 0 Å². The first kappa shape index (κ1) is 10.7. The van der Waals surface area contributed by atoms with Crippen molar-refractivity contribution < 1.29 is 5.11 Å². The Hall–Kier alpha value is -0.830. The fourth-order valence-corrected chi connectivity index (χ4v) is 2.91. The summed E-state index contributed by atoms with van der Waals surface area (Å²) in [5.74, 6) is 1.57. The van der Waals surface area contributed by atoms with E-state index < -0.39 is 0 Å². The largest absolute Gasteiger partial charge is 0.390 e. The number of aliphatic hydroxyl groups excluding tert-OH is 1. The average molecular weight is 208 g/mol. The van der Waals surface area contributed by atoms with Crippen molar-refractivity contribution in [2.24, 2.45) is 11.8 Å². The van der Waals surface area contributed by atoms with Gasteiger partial charge in [-0.1, -0.05) is 13.8 Å². The molecule has 0 spiro atoms. The van der Waals surface area contributed by atoms with E-state index >= 15 is 0 Å². The Morgan fingerprint density at radius 1 is 1.33 bits per heavy atom. The molecule has 2 rings (SSSR count).